The first-order chi connectivity index (χ1) is 10.4. The maximum Gasteiger partial charge on any atom is 0.326 e. The number of nitro groups is 1. The Morgan fingerprint density at radius 1 is 1.41 bits per heavy atom. The van der Waals surface area contributed by atoms with Gasteiger partial charge in [-0.2, -0.15) is 5.10 Å². The van der Waals surface area contributed by atoms with Gasteiger partial charge < -0.3 is 10.4 Å². The van der Waals surface area contributed by atoms with Crippen molar-refractivity contribution in [1.82, 2.24) is 15.5 Å². The molecule has 1 aromatic heterocycles. The van der Waals surface area contributed by atoms with Crippen molar-refractivity contribution in [2.45, 2.75) is 52.0 Å². The average molecular weight is 312 g/mol. The number of hydrogen-bond acceptors (Lipinski definition) is 5. The van der Waals surface area contributed by atoms with Crippen LogP contribution in [0.5, 0.6) is 0 Å². The summed E-state index contributed by atoms with van der Waals surface area (Å²) in [5, 5.41) is 28.7. The molecule has 0 saturated heterocycles. The molecular formula is C13H20N4O5. The minimum absolute atomic E-state index is 0.262. The number of H-pyrrole nitrogens is 1. The Morgan fingerprint density at radius 3 is 2.59 bits per heavy atom. The van der Waals surface area contributed by atoms with Crippen molar-refractivity contribution >= 4 is 17.6 Å². The highest BCUT2D eigenvalue weighted by Crippen LogP contribution is 2.22. The largest absolute Gasteiger partial charge is 0.480 e. The minimum atomic E-state index is -1.17. The molecule has 0 radical (unpaired) electrons. The maximum atomic E-state index is 12.1. The third-order valence-corrected chi connectivity index (χ3v) is 3.16. The van der Waals surface area contributed by atoms with Crippen LogP contribution in [0, 0.1) is 10.1 Å². The molecule has 0 aliphatic rings. The fraction of sp³-hybridized carbons (Fsp3) is 0.615. The van der Waals surface area contributed by atoms with E-state index in [1.54, 1.807) is 0 Å². The number of aromatic amines is 1. The Balaban J connectivity index is 2.97. The van der Waals surface area contributed by atoms with E-state index in [9.17, 15) is 19.7 Å². The molecule has 0 aliphatic carbocycles. The first kappa shape index (κ1) is 17.6. The summed E-state index contributed by atoms with van der Waals surface area (Å²) in [5.41, 5.74) is -0.506. The number of aliphatic carboxylic acids is 1. The lowest BCUT2D eigenvalue weighted by Crippen LogP contribution is -2.41. The molecule has 9 nitrogen and oxygen atoms in total. The van der Waals surface area contributed by atoms with Gasteiger partial charge in [-0.25, -0.2) is 4.79 Å². The topological polar surface area (TPSA) is 138 Å². The number of unbranched alkanes of at least 4 members (excludes halogenated alkanes) is 1. The fourth-order valence-electron chi connectivity index (χ4n) is 2.04. The van der Waals surface area contributed by atoms with Crippen molar-refractivity contribution < 1.29 is 19.6 Å². The molecule has 0 bridgehead atoms. The molecule has 3 N–H and O–H groups in total. The summed E-state index contributed by atoms with van der Waals surface area (Å²) < 4.78 is 0. The van der Waals surface area contributed by atoms with Gasteiger partial charge in [-0.3, -0.25) is 20.0 Å². The molecule has 0 aromatic carbocycles. The predicted octanol–water partition coefficient (Wildman–Crippen LogP) is 1.64. The van der Waals surface area contributed by atoms with Gasteiger partial charge in [-0.05, 0) is 12.8 Å². The SMILES string of the molecule is CCCCC(NC(=O)c1n[nH]c(CCC)c1[N+](=O)[O-])C(=O)O. The minimum Gasteiger partial charge on any atom is -0.480 e. The molecule has 1 aromatic rings. The van der Waals surface area contributed by atoms with Crippen LogP contribution in [-0.2, 0) is 11.2 Å². The normalized spacial score (nSPS) is 11.9. The predicted molar refractivity (Wildman–Crippen MR) is 77.7 cm³/mol. The van der Waals surface area contributed by atoms with Crippen molar-refractivity contribution in [3.63, 3.8) is 0 Å². The summed E-state index contributed by atoms with van der Waals surface area (Å²) in [6.07, 6.45) is 2.70. The number of amides is 1. The Morgan fingerprint density at radius 2 is 2.09 bits per heavy atom. The standard InChI is InChI=1S/C13H20N4O5/c1-3-5-7-9(13(19)20)14-12(18)10-11(17(21)22)8(6-4-2)15-16-10/h9H,3-7H2,1-2H3,(H,14,18)(H,15,16)(H,19,20). The van der Waals surface area contributed by atoms with Gasteiger partial charge in [-0.15, -0.1) is 0 Å². The molecule has 1 amide bonds. The van der Waals surface area contributed by atoms with Gasteiger partial charge in [0.1, 0.15) is 11.7 Å². The lowest BCUT2D eigenvalue weighted by molar-refractivity contribution is -0.385. The number of nitrogens with one attached hydrogen (secondary N) is 2. The molecular weight excluding hydrogens is 292 g/mol. The second kappa shape index (κ2) is 8.11. The van der Waals surface area contributed by atoms with Crippen molar-refractivity contribution in [3.05, 3.63) is 21.5 Å². The molecule has 9 heteroatoms. The van der Waals surface area contributed by atoms with Gasteiger partial charge in [-0.1, -0.05) is 33.1 Å². The quantitative estimate of drug-likeness (QED) is 0.468. The summed E-state index contributed by atoms with van der Waals surface area (Å²) in [7, 11) is 0. The highest BCUT2D eigenvalue weighted by Gasteiger charge is 2.31. The van der Waals surface area contributed by atoms with Crippen LogP contribution in [0.3, 0.4) is 0 Å². The highest BCUT2D eigenvalue weighted by molar-refractivity contribution is 5.98. The van der Waals surface area contributed by atoms with E-state index >= 15 is 0 Å². The summed E-state index contributed by atoms with van der Waals surface area (Å²) in [6, 6.07) is -1.08. The van der Waals surface area contributed by atoms with Crippen LogP contribution in [0.2, 0.25) is 0 Å². The number of aromatic nitrogens is 2. The number of rotatable bonds is 9. The van der Waals surface area contributed by atoms with Crippen molar-refractivity contribution in [1.29, 1.82) is 0 Å². The zero-order chi connectivity index (χ0) is 16.7. The summed E-state index contributed by atoms with van der Waals surface area (Å²) in [4.78, 5) is 33.7. The number of carboxylic acids is 1. The van der Waals surface area contributed by atoms with Crippen LogP contribution in [0.15, 0.2) is 0 Å². The van der Waals surface area contributed by atoms with Gasteiger partial charge in [0.25, 0.3) is 5.91 Å². The molecule has 0 fully saturated rings. The van der Waals surface area contributed by atoms with E-state index in [4.69, 9.17) is 5.11 Å². The van der Waals surface area contributed by atoms with E-state index in [0.717, 1.165) is 6.42 Å². The summed E-state index contributed by atoms with van der Waals surface area (Å²) >= 11 is 0. The molecule has 22 heavy (non-hydrogen) atoms. The van der Waals surface area contributed by atoms with E-state index in [-0.39, 0.29) is 23.5 Å². The molecule has 0 saturated carbocycles. The molecule has 1 rings (SSSR count). The van der Waals surface area contributed by atoms with Crippen LogP contribution in [0.4, 0.5) is 5.69 Å². The number of aryl methyl sites for hydroxylation is 1. The Labute approximate surface area is 127 Å². The van der Waals surface area contributed by atoms with Crippen LogP contribution in [-0.4, -0.2) is 38.1 Å². The van der Waals surface area contributed by atoms with Gasteiger partial charge in [0.05, 0.1) is 4.92 Å². The van der Waals surface area contributed by atoms with Crippen molar-refractivity contribution in [2.24, 2.45) is 0 Å². The number of carbonyl (C=O) groups excluding carboxylic acids is 1. The lowest BCUT2D eigenvalue weighted by Gasteiger charge is -2.12. The molecule has 1 heterocycles. The molecule has 122 valence electrons. The van der Waals surface area contributed by atoms with Crippen LogP contribution < -0.4 is 5.32 Å². The number of carbonyl (C=O) groups is 2. The smallest absolute Gasteiger partial charge is 0.326 e. The van der Waals surface area contributed by atoms with Crippen LogP contribution in [0.1, 0.15) is 55.7 Å². The number of nitrogens with zero attached hydrogens (tertiary/aromatic N) is 2. The van der Waals surface area contributed by atoms with Gasteiger partial charge >= 0.3 is 11.7 Å². The Bertz CT molecular complexity index is 555. The molecule has 0 spiro atoms. The second-order valence-corrected chi connectivity index (χ2v) is 4.91. The van der Waals surface area contributed by atoms with Crippen LogP contribution >= 0.6 is 0 Å². The molecule has 0 aliphatic heterocycles. The molecule has 1 unspecified atom stereocenters. The second-order valence-electron chi connectivity index (χ2n) is 4.91. The Hall–Kier alpha value is -2.45. The lowest BCUT2D eigenvalue weighted by atomic mass is 10.1. The van der Waals surface area contributed by atoms with Crippen molar-refractivity contribution in [2.75, 3.05) is 0 Å². The third-order valence-electron chi connectivity index (χ3n) is 3.16. The summed E-state index contributed by atoms with van der Waals surface area (Å²) in [5.74, 6) is -2.03. The maximum absolute atomic E-state index is 12.1. The highest BCUT2D eigenvalue weighted by atomic mass is 16.6. The fourth-order valence-corrected chi connectivity index (χ4v) is 2.04. The zero-order valence-corrected chi connectivity index (χ0v) is 12.6. The average Bonchev–Trinajstić information content (AvgIpc) is 2.87. The summed E-state index contributed by atoms with van der Waals surface area (Å²) in [6.45, 7) is 3.74. The first-order valence-electron chi connectivity index (χ1n) is 7.17. The van der Waals surface area contributed by atoms with Gasteiger partial charge in [0, 0.05) is 0 Å². The van der Waals surface area contributed by atoms with E-state index in [1.165, 1.54) is 0 Å². The number of hydrogen-bond donors (Lipinski definition) is 3. The van der Waals surface area contributed by atoms with Gasteiger partial charge in [0.2, 0.25) is 5.69 Å². The van der Waals surface area contributed by atoms with Gasteiger partial charge in [0.15, 0.2) is 0 Å². The zero-order valence-electron chi connectivity index (χ0n) is 12.6. The van der Waals surface area contributed by atoms with E-state index in [2.05, 4.69) is 15.5 Å². The van der Waals surface area contributed by atoms with E-state index in [0.29, 0.717) is 19.3 Å². The van der Waals surface area contributed by atoms with Crippen molar-refractivity contribution in [3.8, 4) is 0 Å². The van der Waals surface area contributed by atoms with E-state index in [1.807, 2.05) is 13.8 Å². The monoisotopic (exact) mass is 312 g/mol. The Kier molecular flexibility index (Phi) is 6.48. The molecule has 1 atom stereocenters. The third kappa shape index (κ3) is 4.27. The first-order valence-corrected chi connectivity index (χ1v) is 7.17. The van der Waals surface area contributed by atoms with Crippen LogP contribution in [0.25, 0.3) is 0 Å². The van der Waals surface area contributed by atoms with E-state index < -0.39 is 22.8 Å². The number of carboxylic acid groups (broad SMARTS) is 1.